The van der Waals surface area contributed by atoms with Gasteiger partial charge in [0.15, 0.2) is 0 Å². The van der Waals surface area contributed by atoms with Crippen molar-refractivity contribution in [2.75, 3.05) is 11.1 Å². The number of nitrogens with zero attached hydrogens (tertiary/aromatic N) is 1. The summed E-state index contributed by atoms with van der Waals surface area (Å²) < 4.78 is 0. The van der Waals surface area contributed by atoms with E-state index in [1.807, 2.05) is 6.92 Å². The van der Waals surface area contributed by atoms with Gasteiger partial charge in [0.05, 0.1) is 0 Å². The summed E-state index contributed by atoms with van der Waals surface area (Å²) in [5, 5.41) is 2.90. The van der Waals surface area contributed by atoms with Crippen molar-refractivity contribution in [1.29, 1.82) is 0 Å². The highest BCUT2D eigenvalue weighted by atomic mass is 16.1. The molecule has 14 heavy (non-hydrogen) atoms. The average molecular weight is 194 g/mol. The second kappa shape index (κ2) is 4.45. The molecule has 0 aliphatic rings. The van der Waals surface area contributed by atoms with E-state index in [0.717, 1.165) is 0 Å². The van der Waals surface area contributed by atoms with Crippen LogP contribution in [0.5, 0.6) is 0 Å². The molecule has 0 saturated carbocycles. The van der Waals surface area contributed by atoms with E-state index >= 15 is 0 Å². The van der Waals surface area contributed by atoms with Gasteiger partial charge in [-0.1, -0.05) is 6.92 Å². The van der Waals surface area contributed by atoms with Crippen LogP contribution in [0.1, 0.15) is 13.3 Å². The highest BCUT2D eigenvalue weighted by Gasteiger charge is 2.12. The lowest BCUT2D eigenvalue weighted by Gasteiger charge is -2.13. The first-order chi connectivity index (χ1) is 6.63. The summed E-state index contributed by atoms with van der Waals surface area (Å²) >= 11 is 0. The topological polar surface area (TPSA) is 94.0 Å². The maximum Gasteiger partial charge on any atom is 0.239 e. The Hall–Kier alpha value is -1.78. The average Bonchev–Trinajstić information content (AvgIpc) is 2.14. The van der Waals surface area contributed by atoms with Gasteiger partial charge in [0.1, 0.15) is 11.9 Å². The van der Waals surface area contributed by atoms with Crippen LogP contribution in [0, 0.1) is 0 Å². The number of carbonyl (C=O) groups is 1. The first kappa shape index (κ1) is 10.3. The predicted molar refractivity (Wildman–Crippen MR) is 55.5 cm³/mol. The Morgan fingerprint density at radius 3 is 2.93 bits per heavy atom. The fourth-order valence-electron chi connectivity index (χ4n) is 1.08. The van der Waals surface area contributed by atoms with Gasteiger partial charge >= 0.3 is 0 Å². The van der Waals surface area contributed by atoms with E-state index in [2.05, 4.69) is 10.3 Å². The van der Waals surface area contributed by atoms with Crippen LogP contribution in [0.25, 0.3) is 0 Å². The number of pyridine rings is 1. The van der Waals surface area contributed by atoms with E-state index in [1.165, 1.54) is 0 Å². The van der Waals surface area contributed by atoms with Gasteiger partial charge in [0.25, 0.3) is 0 Å². The molecule has 5 nitrogen and oxygen atoms in total. The lowest BCUT2D eigenvalue weighted by atomic mass is 10.2. The summed E-state index contributed by atoms with van der Waals surface area (Å²) in [6.07, 6.45) is 2.19. The second-order valence-electron chi connectivity index (χ2n) is 2.98. The summed E-state index contributed by atoms with van der Waals surface area (Å²) in [6, 6.07) is 2.94. The number of nitrogen functional groups attached to an aromatic ring is 1. The molecule has 1 aromatic heterocycles. The molecule has 0 bridgehead atoms. The Morgan fingerprint density at radius 1 is 1.71 bits per heavy atom. The van der Waals surface area contributed by atoms with Crippen molar-refractivity contribution in [2.45, 2.75) is 19.4 Å². The molecule has 76 valence electrons. The Kier molecular flexibility index (Phi) is 3.28. The molecule has 5 heteroatoms. The van der Waals surface area contributed by atoms with Crippen molar-refractivity contribution in [3.8, 4) is 0 Å². The van der Waals surface area contributed by atoms with Gasteiger partial charge < -0.3 is 16.8 Å². The molecule has 1 atom stereocenters. The standard InChI is InChI=1S/C9H14N4O/c1-2-7(9(11)14)13-8-5-6(10)3-4-12-8/h3-5,7H,2H2,1H3,(H2,11,14)(H3,10,12,13). The number of hydrogen-bond acceptors (Lipinski definition) is 4. The largest absolute Gasteiger partial charge is 0.399 e. The minimum absolute atomic E-state index is 0.392. The molecular weight excluding hydrogens is 180 g/mol. The van der Waals surface area contributed by atoms with E-state index in [1.54, 1.807) is 18.3 Å². The van der Waals surface area contributed by atoms with Crippen LogP contribution < -0.4 is 16.8 Å². The monoisotopic (exact) mass is 194 g/mol. The second-order valence-corrected chi connectivity index (χ2v) is 2.98. The predicted octanol–water partition coefficient (Wildman–Crippen LogP) is 0.340. The number of primary amides is 1. The molecule has 0 radical (unpaired) electrons. The van der Waals surface area contributed by atoms with E-state index in [0.29, 0.717) is 17.9 Å². The lowest BCUT2D eigenvalue weighted by molar-refractivity contribution is -0.118. The molecule has 0 saturated heterocycles. The van der Waals surface area contributed by atoms with E-state index in [9.17, 15) is 4.79 Å². The van der Waals surface area contributed by atoms with E-state index < -0.39 is 11.9 Å². The fourth-order valence-corrected chi connectivity index (χ4v) is 1.08. The van der Waals surface area contributed by atoms with Crippen molar-refractivity contribution in [3.05, 3.63) is 18.3 Å². The van der Waals surface area contributed by atoms with Crippen LogP contribution in [0.15, 0.2) is 18.3 Å². The smallest absolute Gasteiger partial charge is 0.239 e. The molecule has 1 rings (SSSR count). The summed E-state index contributed by atoms with van der Waals surface area (Å²) in [5.41, 5.74) is 11.3. The zero-order valence-corrected chi connectivity index (χ0v) is 8.03. The molecule has 0 spiro atoms. The number of nitrogens with two attached hydrogens (primary N) is 2. The third-order valence-electron chi connectivity index (χ3n) is 1.86. The normalized spacial score (nSPS) is 12.1. The van der Waals surface area contributed by atoms with Gasteiger partial charge in [-0.25, -0.2) is 4.98 Å². The number of carbonyl (C=O) groups excluding carboxylic acids is 1. The number of rotatable bonds is 4. The highest BCUT2D eigenvalue weighted by molar-refractivity contribution is 5.82. The molecule has 1 unspecified atom stereocenters. The molecular formula is C9H14N4O. The number of nitrogens with one attached hydrogen (secondary N) is 1. The van der Waals surface area contributed by atoms with Gasteiger partial charge in [-0.2, -0.15) is 0 Å². The minimum atomic E-state index is -0.399. The SMILES string of the molecule is CCC(Nc1cc(N)ccn1)C(N)=O. The van der Waals surface area contributed by atoms with Crippen LogP contribution in [0.3, 0.4) is 0 Å². The van der Waals surface area contributed by atoms with Gasteiger partial charge in [-0.15, -0.1) is 0 Å². The van der Waals surface area contributed by atoms with Crippen LogP contribution in [-0.2, 0) is 4.79 Å². The van der Waals surface area contributed by atoms with Crippen LogP contribution in [-0.4, -0.2) is 16.9 Å². The van der Waals surface area contributed by atoms with Crippen molar-refractivity contribution < 1.29 is 4.79 Å². The van der Waals surface area contributed by atoms with Crippen molar-refractivity contribution >= 4 is 17.4 Å². The van der Waals surface area contributed by atoms with Crippen LogP contribution in [0.2, 0.25) is 0 Å². The molecule has 0 aliphatic heterocycles. The third kappa shape index (κ3) is 2.62. The summed E-state index contributed by atoms with van der Waals surface area (Å²) in [7, 11) is 0. The van der Waals surface area contributed by atoms with Crippen LogP contribution in [0.4, 0.5) is 11.5 Å². The Bertz CT molecular complexity index is 326. The Morgan fingerprint density at radius 2 is 2.43 bits per heavy atom. The molecule has 0 fully saturated rings. The summed E-state index contributed by atoms with van der Waals surface area (Å²) in [6.45, 7) is 1.87. The van der Waals surface area contributed by atoms with Crippen molar-refractivity contribution in [3.63, 3.8) is 0 Å². The fraction of sp³-hybridized carbons (Fsp3) is 0.333. The van der Waals surface area contributed by atoms with Gasteiger partial charge in [0.2, 0.25) is 5.91 Å². The first-order valence-corrected chi connectivity index (χ1v) is 4.41. The van der Waals surface area contributed by atoms with Crippen molar-refractivity contribution in [1.82, 2.24) is 4.98 Å². The molecule has 1 amide bonds. The summed E-state index contributed by atoms with van der Waals surface area (Å²) in [4.78, 5) is 14.9. The third-order valence-corrected chi connectivity index (χ3v) is 1.86. The molecule has 0 aromatic carbocycles. The molecule has 1 heterocycles. The molecule has 1 aromatic rings. The zero-order chi connectivity index (χ0) is 10.6. The number of aromatic nitrogens is 1. The lowest BCUT2D eigenvalue weighted by Crippen LogP contribution is -2.34. The minimum Gasteiger partial charge on any atom is -0.399 e. The van der Waals surface area contributed by atoms with Gasteiger partial charge in [-0.3, -0.25) is 4.79 Å². The zero-order valence-electron chi connectivity index (χ0n) is 8.03. The Labute approximate surface area is 82.5 Å². The van der Waals surface area contributed by atoms with Gasteiger partial charge in [0, 0.05) is 18.0 Å². The maximum absolute atomic E-state index is 10.9. The van der Waals surface area contributed by atoms with E-state index in [-0.39, 0.29) is 0 Å². The molecule has 0 aliphatic carbocycles. The van der Waals surface area contributed by atoms with E-state index in [4.69, 9.17) is 11.5 Å². The van der Waals surface area contributed by atoms with Crippen LogP contribution >= 0.6 is 0 Å². The van der Waals surface area contributed by atoms with Crippen molar-refractivity contribution in [2.24, 2.45) is 5.73 Å². The first-order valence-electron chi connectivity index (χ1n) is 4.41. The molecule has 5 N–H and O–H groups in total. The Balaban J connectivity index is 2.72. The van der Waals surface area contributed by atoms with Gasteiger partial charge in [-0.05, 0) is 12.5 Å². The number of amides is 1. The highest BCUT2D eigenvalue weighted by Crippen LogP contribution is 2.09. The number of anilines is 2. The quantitative estimate of drug-likeness (QED) is 0.644. The maximum atomic E-state index is 10.9. The number of hydrogen-bond donors (Lipinski definition) is 3. The summed E-state index contributed by atoms with van der Waals surface area (Å²) in [5.74, 6) is 0.173.